The molecule has 1 aromatic heterocycles. The molecule has 1 aliphatic rings. The largest absolute Gasteiger partial charge is 0.412 e. The van der Waals surface area contributed by atoms with Crippen LogP contribution in [-0.4, -0.2) is 17.2 Å². The Morgan fingerprint density at radius 3 is 2.69 bits per heavy atom. The highest BCUT2D eigenvalue weighted by Gasteiger charge is 2.22. The fourth-order valence-corrected chi connectivity index (χ4v) is 4.01. The topological polar surface area (TPSA) is 43.3 Å². The second-order valence-electron chi connectivity index (χ2n) is 7.89. The summed E-state index contributed by atoms with van der Waals surface area (Å²) in [6, 6.07) is 5.09. The summed E-state index contributed by atoms with van der Waals surface area (Å²) in [6.45, 7) is 5.15. The Bertz CT molecular complexity index is 842. The van der Waals surface area contributed by atoms with Crippen molar-refractivity contribution in [2.45, 2.75) is 65.3 Å². The maximum atomic E-state index is 14.5. The van der Waals surface area contributed by atoms with Crippen LogP contribution in [-0.2, 0) is 6.54 Å². The minimum atomic E-state index is -0.525. The maximum Gasteiger partial charge on any atom is 0.412 e. The predicted molar refractivity (Wildman–Crippen MR) is 110 cm³/mol. The number of amides is 1. The van der Waals surface area contributed by atoms with Crippen LogP contribution in [0.5, 0.6) is 5.75 Å². The highest BCUT2D eigenvalue weighted by atomic mass is 19.1. The van der Waals surface area contributed by atoms with Crippen LogP contribution in [0, 0.1) is 24.5 Å². The lowest BCUT2D eigenvalue weighted by atomic mass is 9.89. The van der Waals surface area contributed by atoms with Crippen LogP contribution < -0.4 is 10.1 Å². The molecule has 2 aromatic rings. The van der Waals surface area contributed by atoms with Crippen LogP contribution in [0.3, 0.4) is 0 Å². The van der Waals surface area contributed by atoms with Crippen LogP contribution in [0.25, 0.3) is 11.3 Å². The van der Waals surface area contributed by atoms with Gasteiger partial charge in [-0.05, 0) is 50.3 Å². The van der Waals surface area contributed by atoms with Crippen molar-refractivity contribution in [3.63, 3.8) is 0 Å². The number of nitrogens with one attached hydrogen (secondary N) is 1. The van der Waals surface area contributed by atoms with Gasteiger partial charge < -0.3 is 14.6 Å². The van der Waals surface area contributed by atoms with E-state index in [9.17, 15) is 13.6 Å². The zero-order chi connectivity index (χ0) is 20.8. The van der Waals surface area contributed by atoms with E-state index in [1.165, 1.54) is 25.3 Å². The third-order valence-corrected chi connectivity index (χ3v) is 5.69. The molecule has 0 aliphatic heterocycles. The summed E-state index contributed by atoms with van der Waals surface area (Å²) in [5.41, 5.74) is 1.48. The molecule has 0 saturated heterocycles. The van der Waals surface area contributed by atoms with Crippen LogP contribution >= 0.6 is 0 Å². The first kappa shape index (κ1) is 21.3. The summed E-state index contributed by atoms with van der Waals surface area (Å²) in [6.07, 6.45) is 7.19. The number of hydrogen-bond acceptors (Lipinski definition) is 2. The molecule has 1 aromatic carbocycles. The number of rotatable bonds is 7. The number of halogens is 2. The Morgan fingerprint density at radius 1 is 1.21 bits per heavy atom. The summed E-state index contributed by atoms with van der Waals surface area (Å²) in [5, 5.41) is 2.73. The summed E-state index contributed by atoms with van der Waals surface area (Å²) in [7, 11) is 0. The molecule has 4 nitrogen and oxygen atoms in total. The first-order valence-corrected chi connectivity index (χ1v) is 10.6. The van der Waals surface area contributed by atoms with Gasteiger partial charge in [-0.1, -0.05) is 32.6 Å². The Kier molecular flexibility index (Phi) is 7.29. The van der Waals surface area contributed by atoms with Crippen LogP contribution in [0.1, 0.15) is 57.6 Å². The summed E-state index contributed by atoms with van der Waals surface area (Å²) >= 11 is 0. The molecule has 0 radical (unpaired) electrons. The van der Waals surface area contributed by atoms with E-state index >= 15 is 0 Å². The molecule has 1 saturated carbocycles. The minimum absolute atomic E-state index is 0.185. The highest BCUT2D eigenvalue weighted by Crippen LogP contribution is 2.35. The van der Waals surface area contributed by atoms with Crippen molar-refractivity contribution in [1.29, 1.82) is 0 Å². The van der Waals surface area contributed by atoms with E-state index in [1.54, 1.807) is 6.07 Å². The number of ether oxygens (including phenoxy) is 1. The molecule has 1 amide bonds. The van der Waals surface area contributed by atoms with Gasteiger partial charge in [-0.25, -0.2) is 13.6 Å². The van der Waals surface area contributed by atoms with Crippen molar-refractivity contribution >= 4 is 6.09 Å². The molecule has 1 heterocycles. The van der Waals surface area contributed by atoms with Crippen LogP contribution in [0.15, 0.2) is 24.3 Å². The van der Waals surface area contributed by atoms with Gasteiger partial charge >= 0.3 is 6.09 Å². The lowest BCUT2D eigenvalue weighted by Crippen LogP contribution is -2.27. The van der Waals surface area contributed by atoms with Gasteiger partial charge in [-0.2, -0.15) is 0 Å². The zero-order valence-corrected chi connectivity index (χ0v) is 17.3. The lowest BCUT2D eigenvalue weighted by Gasteiger charge is -2.24. The third kappa shape index (κ3) is 5.37. The summed E-state index contributed by atoms with van der Waals surface area (Å²) in [4.78, 5) is 12.1. The molecular formula is C23H30F2N2O2. The monoisotopic (exact) mass is 404 g/mol. The number of carbonyl (C=O) groups is 1. The van der Waals surface area contributed by atoms with Crippen molar-refractivity contribution in [2.24, 2.45) is 5.92 Å². The SMILES string of the molecule is CCCCNC(=O)Oc1cc(-c2cc(F)ccc2F)n(CC2CCCCC2)c1C. The molecule has 1 aliphatic carbocycles. The van der Waals surface area contributed by atoms with Crippen LogP contribution in [0.4, 0.5) is 13.6 Å². The van der Waals surface area contributed by atoms with E-state index in [0.29, 0.717) is 30.5 Å². The normalized spacial score (nSPS) is 14.8. The van der Waals surface area contributed by atoms with Gasteiger partial charge in [0.05, 0.1) is 11.4 Å². The molecule has 0 bridgehead atoms. The zero-order valence-electron chi connectivity index (χ0n) is 17.3. The van der Waals surface area contributed by atoms with Gasteiger partial charge in [0, 0.05) is 24.7 Å². The molecule has 158 valence electrons. The number of hydrogen-bond donors (Lipinski definition) is 1. The average Bonchev–Trinajstić information content (AvgIpc) is 3.00. The van der Waals surface area contributed by atoms with Crippen molar-refractivity contribution in [2.75, 3.05) is 6.54 Å². The van der Waals surface area contributed by atoms with E-state index in [1.807, 2.05) is 18.4 Å². The Hall–Kier alpha value is -2.37. The number of carbonyl (C=O) groups excluding carboxylic acids is 1. The predicted octanol–water partition coefficient (Wildman–Crippen LogP) is 6.21. The molecule has 1 fully saturated rings. The molecule has 0 atom stereocenters. The summed E-state index contributed by atoms with van der Waals surface area (Å²) in [5.74, 6) is -0.123. The van der Waals surface area contributed by atoms with E-state index in [4.69, 9.17) is 4.74 Å². The van der Waals surface area contributed by atoms with Gasteiger partial charge in [0.1, 0.15) is 11.6 Å². The van der Waals surface area contributed by atoms with Gasteiger partial charge in [0.25, 0.3) is 0 Å². The molecule has 6 heteroatoms. The van der Waals surface area contributed by atoms with Gasteiger partial charge in [0.15, 0.2) is 5.75 Å². The molecule has 1 N–H and O–H groups in total. The number of benzene rings is 1. The van der Waals surface area contributed by atoms with E-state index in [2.05, 4.69) is 5.32 Å². The second kappa shape index (κ2) is 9.90. The smallest absolute Gasteiger partial charge is 0.408 e. The Balaban J connectivity index is 1.91. The third-order valence-electron chi connectivity index (χ3n) is 5.69. The average molecular weight is 405 g/mol. The highest BCUT2D eigenvalue weighted by molar-refractivity contribution is 5.73. The second-order valence-corrected chi connectivity index (χ2v) is 7.89. The Morgan fingerprint density at radius 2 is 1.97 bits per heavy atom. The molecular weight excluding hydrogens is 374 g/mol. The first-order chi connectivity index (χ1) is 14.0. The van der Waals surface area contributed by atoms with Crippen molar-refractivity contribution < 1.29 is 18.3 Å². The van der Waals surface area contributed by atoms with E-state index in [0.717, 1.165) is 43.5 Å². The fourth-order valence-electron chi connectivity index (χ4n) is 4.01. The minimum Gasteiger partial charge on any atom is -0.408 e. The van der Waals surface area contributed by atoms with Crippen LogP contribution in [0.2, 0.25) is 0 Å². The maximum absolute atomic E-state index is 14.5. The van der Waals surface area contributed by atoms with Gasteiger partial charge in [-0.3, -0.25) is 0 Å². The van der Waals surface area contributed by atoms with Crippen molar-refractivity contribution in [1.82, 2.24) is 9.88 Å². The fraction of sp³-hybridized carbons (Fsp3) is 0.522. The van der Waals surface area contributed by atoms with Gasteiger partial charge in [0.2, 0.25) is 0 Å². The number of unbranched alkanes of at least 4 members (excludes halogenated alkanes) is 1. The molecule has 0 unspecified atom stereocenters. The number of aromatic nitrogens is 1. The Labute approximate surface area is 171 Å². The molecule has 0 spiro atoms. The van der Waals surface area contributed by atoms with Crippen molar-refractivity contribution in [3.8, 4) is 17.0 Å². The lowest BCUT2D eigenvalue weighted by molar-refractivity contribution is 0.200. The standard InChI is InChI=1S/C23H30F2N2O2/c1-3-4-12-26-23(28)29-22-14-21(19-13-18(24)10-11-20(19)25)27(16(22)2)15-17-8-6-5-7-9-17/h10-11,13-14,17H,3-9,12,15H2,1-2H3,(H,26,28). The molecule has 3 rings (SSSR count). The van der Waals surface area contributed by atoms with Gasteiger partial charge in [-0.15, -0.1) is 0 Å². The summed E-state index contributed by atoms with van der Waals surface area (Å²) < 4.78 is 35.8. The van der Waals surface area contributed by atoms with E-state index < -0.39 is 17.7 Å². The van der Waals surface area contributed by atoms with E-state index in [-0.39, 0.29) is 5.56 Å². The quantitative estimate of drug-likeness (QED) is 0.558. The molecule has 29 heavy (non-hydrogen) atoms. The first-order valence-electron chi connectivity index (χ1n) is 10.6. The van der Waals surface area contributed by atoms with Crippen molar-refractivity contribution in [3.05, 3.63) is 41.6 Å². The number of nitrogens with zero attached hydrogens (tertiary/aromatic N) is 1.